The molecule has 0 nitrogen and oxygen atoms in total. The fourth-order valence-corrected chi connectivity index (χ4v) is 4.39. The highest BCUT2D eigenvalue weighted by Crippen LogP contribution is 2.39. The summed E-state index contributed by atoms with van der Waals surface area (Å²) in [6.07, 6.45) is 11.4. The normalized spacial score (nSPS) is 23.9. The second kappa shape index (κ2) is 6.90. The van der Waals surface area contributed by atoms with Gasteiger partial charge in [-0.05, 0) is 32.6 Å². The summed E-state index contributed by atoms with van der Waals surface area (Å²) in [6, 6.07) is 0. The van der Waals surface area contributed by atoms with Crippen molar-refractivity contribution in [1.82, 2.24) is 0 Å². The molecule has 1 fully saturated rings. The molecular formula is C10H18S2. The first-order chi connectivity index (χ1) is 5.93. The van der Waals surface area contributed by atoms with Gasteiger partial charge in [-0.25, -0.2) is 0 Å². The summed E-state index contributed by atoms with van der Waals surface area (Å²) in [5, 5.41) is 0.973. The molecule has 1 aliphatic heterocycles. The molecule has 0 unspecified atom stereocenters. The van der Waals surface area contributed by atoms with E-state index < -0.39 is 0 Å². The summed E-state index contributed by atoms with van der Waals surface area (Å²) < 4.78 is 0. The lowest BCUT2D eigenvalue weighted by atomic mass is 10.1. The van der Waals surface area contributed by atoms with Gasteiger partial charge in [0.1, 0.15) is 0 Å². The first-order valence-electron chi connectivity index (χ1n) is 4.83. The molecule has 0 saturated carbocycles. The van der Waals surface area contributed by atoms with Gasteiger partial charge in [0.05, 0.1) is 0 Å². The van der Waals surface area contributed by atoms with E-state index in [0.717, 1.165) is 5.25 Å². The molecule has 1 heterocycles. The van der Waals surface area contributed by atoms with Crippen molar-refractivity contribution in [2.45, 2.75) is 44.3 Å². The highest BCUT2D eigenvalue weighted by molar-refractivity contribution is 8.77. The molecule has 0 N–H and O–H groups in total. The summed E-state index contributed by atoms with van der Waals surface area (Å²) in [4.78, 5) is 0. The number of hydrogen-bond donors (Lipinski definition) is 0. The van der Waals surface area contributed by atoms with Crippen LogP contribution in [-0.2, 0) is 0 Å². The second-order valence-corrected chi connectivity index (χ2v) is 5.97. The average Bonchev–Trinajstić information content (AvgIpc) is 2.57. The largest absolute Gasteiger partial charge is 0.0938 e. The molecule has 0 radical (unpaired) electrons. The van der Waals surface area contributed by atoms with Crippen LogP contribution >= 0.6 is 21.6 Å². The summed E-state index contributed by atoms with van der Waals surface area (Å²) >= 11 is 0. The van der Waals surface area contributed by atoms with E-state index in [1.807, 2.05) is 0 Å². The number of rotatable bonds is 5. The van der Waals surface area contributed by atoms with Crippen molar-refractivity contribution < 1.29 is 0 Å². The van der Waals surface area contributed by atoms with Crippen LogP contribution in [0.25, 0.3) is 0 Å². The van der Waals surface area contributed by atoms with E-state index in [2.05, 4.69) is 40.7 Å². The van der Waals surface area contributed by atoms with Crippen LogP contribution in [-0.4, -0.2) is 11.0 Å². The first-order valence-corrected chi connectivity index (χ1v) is 7.21. The molecule has 0 aromatic carbocycles. The Labute approximate surface area is 84.0 Å². The van der Waals surface area contributed by atoms with E-state index >= 15 is 0 Å². The van der Waals surface area contributed by atoms with Gasteiger partial charge >= 0.3 is 0 Å². The molecule has 1 aliphatic rings. The second-order valence-electron chi connectivity index (χ2n) is 3.18. The zero-order valence-electron chi connectivity index (χ0n) is 7.79. The summed E-state index contributed by atoms with van der Waals surface area (Å²) in [6.45, 7) is 2.10. The molecule has 1 atom stereocenters. The zero-order chi connectivity index (χ0) is 8.65. The maximum Gasteiger partial charge on any atom is 0.0159 e. The predicted molar refractivity (Wildman–Crippen MR) is 61.7 cm³/mol. The molecule has 1 saturated heterocycles. The Bertz CT molecular complexity index is 126. The zero-order valence-corrected chi connectivity index (χ0v) is 9.42. The molecule has 1 rings (SSSR count). The van der Waals surface area contributed by atoms with Crippen molar-refractivity contribution in [1.29, 1.82) is 0 Å². The van der Waals surface area contributed by atoms with Gasteiger partial charge in [0.15, 0.2) is 0 Å². The molecule has 0 aromatic rings. The van der Waals surface area contributed by atoms with E-state index in [9.17, 15) is 0 Å². The van der Waals surface area contributed by atoms with E-state index in [0.29, 0.717) is 0 Å². The SMILES string of the molecule is CC=CCCCC[C@@H]1CCSS1. The maximum absolute atomic E-state index is 2.27. The number of hydrogen-bond acceptors (Lipinski definition) is 2. The van der Waals surface area contributed by atoms with Crippen LogP contribution in [0.2, 0.25) is 0 Å². The van der Waals surface area contributed by atoms with Gasteiger partial charge in [-0.1, -0.05) is 40.2 Å². The summed E-state index contributed by atoms with van der Waals surface area (Å²) in [5.41, 5.74) is 0. The third kappa shape index (κ3) is 4.46. The van der Waals surface area contributed by atoms with Gasteiger partial charge in [-0.15, -0.1) is 0 Å². The van der Waals surface area contributed by atoms with Crippen molar-refractivity contribution >= 4 is 21.6 Å². The van der Waals surface area contributed by atoms with Crippen molar-refractivity contribution in [3.63, 3.8) is 0 Å². The molecule has 0 aliphatic carbocycles. The molecule has 0 aromatic heterocycles. The highest BCUT2D eigenvalue weighted by Gasteiger charge is 2.15. The lowest BCUT2D eigenvalue weighted by Crippen LogP contribution is -1.96. The molecule has 12 heavy (non-hydrogen) atoms. The summed E-state index contributed by atoms with van der Waals surface area (Å²) in [5.74, 6) is 1.38. The van der Waals surface area contributed by atoms with E-state index in [1.165, 1.54) is 37.9 Å². The summed E-state index contributed by atoms with van der Waals surface area (Å²) in [7, 11) is 4.16. The Morgan fingerprint density at radius 1 is 1.42 bits per heavy atom. The fourth-order valence-electron chi connectivity index (χ4n) is 1.37. The van der Waals surface area contributed by atoms with E-state index in [4.69, 9.17) is 0 Å². The Kier molecular flexibility index (Phi) is 6.05. The van der Waals surface area contributed by atoms with Crippen molar-refractivity contribution in [3.8, 4) is 0 Å². The quantitative estimate of drug-likeness (QED) is 0.371. The Hall–Kier alpha value is 0.440. The topological polar surface area (TPSA) is 0 Å². The third-order valence-corrected chi connectivity index (χ3v) is 5.12. The Balaban J connectivity index is 1.87. The third-order valence-electron chi connectivity index (χ3n) is 2.11. The minimum Gasteiger partial charge on any atom is -0.0938 e. The standard InChI is InChI=1S/C10H18S2/c1-2-3-4-5-6-7-10-8-9-11-12-10/h2-3,10H,4-9H2,1H3/t10-/m1/s1. The monoisotopic (exact) mass is 202 g/mol. The van der Waals surface area contributed by atoms with Crippen LogP contribution in [0.4, 0.5) is 0 Å². The van der Waals surface area contributed by atoms with Crippen molar-refractivity contribution in [2.24, 2.45) is 0 Å². The molecule has 0 bridgehead atoms. The highest BCUT2D eigenvalue weighted by atomic mass is 33.1. The molecule has 0 spiro atoms. The van der Waals surface area contributed by atoms with Gasteiger partial charge in [-0.2, -0.15) is 0 Å². The Morgan fingerprint density at radius 3 is 3.00 bits per heavy atom. The van der Waals surface area contributed by atoms with Crippen LogP contribution in [0, 0.1) is 0 Å². The smallest absolute Gasteiger partial charge is 0.0159 e. The van der Waals surface area contributed by atoms with Gasteiger partial charge in [0.25, 0.3) is 0 Å². The van der Waals surface area contributed by atoms with Crippen molar-refractivity contribution in [2.75, 3.05) is 5.75 Å². The predicted octanol–water partition coefficient (Wildman–Crippen LogP) is 4.28. The van der Waals surface area contributed by atoms with Crippen LogP contribution in [0.5, 0.6) is 0 Å². The van der Waals surface area contributed by atoms with Gasteiger partial charge in [0.2, 0.25) is 0 Å². The van der Waals surface area contributed by atoms with E-state index in [1.54, 1.807) is 0 Å². The van der Waals surface area contributed by atoms with Crippen LogP contribution in [0.15, 0.2) is 12.2 Å². The minimum atomic E-state index is 0.973. The molecular weight excluding hydrogens is 184 g/mol. The molecule has 0 amide bonds. The van der Waals surface area contributed by atoms with Gasteiger partial charge in [0, 0.05) is 11.0 Å². The van der Waals surface area contributed by atoms with Crippen molar-refractivity contribution in [3.05, 3.63) is 12.2 Å². The molecule has 2 heteroatoms. The van der Waals surface area contributed by atoms with Gasteiger partial charge in [-0.3, -0.25) is 0 Å². The van der Waals surface area contributed by atoms with Crippen LogP contribution in [0.3, 0.4) is 0 Å². The maximum atomic E-state index is 2.27. The Morgan fingerprint density at radius 2 is 2.33 bits per heavy atom. The average molecular weight is 202 g/mol. The lowest BCUT2D eigenvalue weighted by Gasteiger charge is -2.04. The lowest BCUT2D eigenvalue weighted by molar-refractivity contribution is 0.657. The molecule has 70 valence electrons. The van der Waals surface area contributed by atoms with Crippen LogP contribution in [0.1, 0.15) is 39.0 Å². The number of allylic oxidation sites excluding steroid dienone is 2. The van der Waals surface area contributed by atoms with Crippen LogP contribution < -0.4 is 0 Å². The minimum absolute atomic E-state index is 0.973. The fraction of sp³-hybridized carbons (Fsp3) is 0.800. The van der Waals surface area contributed by atoms with E-state index in [-0.39, 0.29) is 0 Å². The first kappa shape index (κ1) is 10.5. The number of unbranched alkanes of at least 4 members (excludes halogenated alkanes) is 2. The van der Waals surface area contributed by atoms with Gasteiger partial charge < -0.3 is 0 Å².